The molecule has 8 nitrogen and oxygen atoms in total. The molecule has 0 amide bonds. The summed E-state index contributed by atoms with van der Waals surface area (Å²) in [5.41, 5.74) is 5.36. The van der Waals surface area contributed by atoms with Gasteiger partial charge in [-0.1, -0.05) is 161 Å². The Morgan fingerprint density at radius 3 is 1.52 bits per heavy atom. The largest absolute Gasteiger partial charge is 0.472 e. The molecule has 3 N–H and O–H groups in total. The Morgan fingerprint density at radius 2 is 1.04 bits per heavy atom. The Hall–Kier alpha value is -0.760. The maximum Gasteiger partial charge on any atom is 0.472 e. The Labute approximate surface area is 296 Å². The predicted octanol–water partition coefficient (Wildman–Crippen LogP) is 11.5. The van der Waals surface area contributed by atoms with E-state index < -0.39 is 13.9 Å². The second-order valence-electron chi connectivity index (χ2n) is 13.5. The van der Waals surface area contributed by atoms with E-state index in [1.807, 2.05) is 0 Å². The SMILES string of the molecule is CCCCCCC/C=C\CCCCCCCC(=O)OC(COCCCCCCCCCCCCCCCCC)COP(=O)(O)OCCN. The third-order valence-electron chi connectivity index (χ3n) is 8.68. The molecule has 0 aliphatic rings. The number of rotatable bonds is 39. The molecule has 0 radical (unpaired) electrons. The fourth-order valence-electron chi connectivity index (χ4n) is 5.70. The molecule has 48 heavy (non-hydrogen) atoms. The summed E-state index contributed by atoms with van der Waals surface area (Å²) in [6.45, 7) is 4.93. The molecule has 9 heteroatoms. The lowest BCUT2D eigenvalue weighted by molar-refractivity contribution is -0.154. The van der Waals surface area contributed by atoms with E-state index in [4.69, 9.17) is 24.3 Å². The van der Waals surface area contributed by atoms with Crippen LogP contribution in [-0.2, 0) is 27.9 Å². The molecule has 0 bridgehead atoms. The Bertz CT molecular complexity index is 752. The highest BCUT2D eigenvalue weighted by atomic mass is 31.2. The second-order valence-corrected chi connectivity index (χ2v) is 15.0. The summed E-state index contributed by atoms with van der Waals surface area (Å²) < 4.78 is 33.3. The third-order valence-corrected chi connectivity index (χ3v) is 9.67. The van der Waals surface area contributed by atoms with E-state index in [9.17, 15) is 14.3 Å². The van der Waals surface area contributed by atoms with Crippen molar-refractivity contribution in [3.63, 3.8) is 0 Å². The Morgan fingerprint density at radius 1 is 0.604 bits per heavy atom. The first kappa shape index (κ1) is 47.2. The highest BCUT2D eigenvalue weighted by molar-refractivity contribution is 7.47. The summed E-state index contributed by atoms with van der Waals surface area (Å²) in [4.78, 5) is 22.4. The lowest BCUT2D eigenvalue weighted by Crippen LogP contribution is -2.28. The van der Waals surface area contributed by atoms with E-state index >= 15 is 0 Å². The van der Waals surface area contributed by atoms with Crippen LogP contribution in [0, 0.1) is 0 Å². The summed E-state index contributed by atoms with van der Waals surface area (Å²) in [6.07, 6.45) is 37.9. The fraction of sp³-hybridized carbons (Fsp3) is 0.923. The van der Waals surface area contributed by atoms with Crippen LogP contribution in [0.5, 0.6) is 0 Å². The van der Waals surface area contributed by atoms with Crippen LogP contribution in [0.15, 0.2) is 12.2 Å². The molecule has 0 aromatic heterocycles. The van der Waals surface area contributed by atoms with Gasteiger partial charge in [0, 0.05) is 19.6 Å². The molecule has 0 spiro atoms. The standard InChI is InChI=1S/C39H78NO7P/c1-3-5-7-9-11-13-15-17-19-21-23-25-27-29-31-34-44-36-38(37-46-48(42,43)45-35-33-40)47-39(41)32-30-28-26-24-22-20-18-16-14-12-10-8-6-4-2/h16,18,38H,3-15,17,19-37,40H2,1-2H3,(H,42,43)/b18-16-. The number of carbonyl (C=O) groups is 1. The molecule has 2 unspecified atom stereocenters. The minimum atomic E-state index is -4.27. The van der Waals surface area contributed by atoms with Crippen molar-refractivity contribution in [3.8, 4) is 0 Å². The first-order chi connectivity index (χ1) is 23.4. The monoisotopic (exact) mass is 704 g/mol. The molecule has 2 atom stereocenters. The highest BCUT2D eigenvalue weighted by Crippen LogP contribution is 2.43. The number of hydrogen-bond donors (Lipinski definition) is 2. The van der Waals surface area contributed by atoms with Crippen LogP contribution in [-0.4, -0.2) is 49.9 Å². The average molecular weight is 704 g/mol. The molecule has 0 saturated carbocycles. The normalized spacial score (nSPS) is 13.7. The minimum absolute atomic E-state index is 0.0939. The molecule has 0 fully saturated rings. The summed E-state index contributed by atoms with van der Waals surface area (Å²) in [5.74, 6) is -0.336. The molecule has 0 aromatic carbocycles. The summed E-state index contributed by atoms with van der Waals surface area (Å²) in [7, 11) is -4.27. The van der Waals surface area contributed by atoms with Gasteiger partial charge in [-0.05, 0) is 38.5 Å². The van der Waals surface area contributed by atoms with Crippen molar-refractivity contribution in [3.05, 3.63) is 12.2 Å². The van der Waals surface area contributed by atoms with Gasteiger partial charge in [0.25, 0.3) is 0 Å². The van der Waals surface area contributed by atoms with E-state index in [-0.39, 0.29) is 32.3 Å². The molecule has 0 rings (SSSR count). The third kappa shape index (κ3) is 36.5. The molecular formula is C39H78NO7P. The van der Waals surface area contributed by atoms with Gasteiger partial charge in [-0.25, -0.2) is 4.57 Å². The maximum absolute atomic E-state index is 12.5. The van der Waals surface area contributed by atoms with E-state index in [1.165, 1.54) is 128 Å². The van der Waals surface area contributed by atoms with Crippen LogP contribution in [0.1, 0.15) is 194 Å². The van der Waals surface area contributed by atoms with E-state index in [2.05, 4.69) is 26.0 Å². The molecule has 0 aromatic rings. The zero-order chi connectivity index (χ0) is 35.2. The van der Waals surface area contributed by atoms with Gasteiger partial charge in [0.15, 0.2) is 0 Å². The molecule has 286 valence electrons. The minimum Gasteiger partial charge on any atom is -0.457 e. The number of ether oxygens (including phenoxy) is 2. The van der Waals surface area contributed by atoms with Gasteiger partial charge in [-0.3, -0.25) is 13.8 Å². The van der Waals surface area contributed by atoms with E-state index in [0.29, 0.717) is 13.0 Å². The lowest BCUT2D eigenvalue weighted by atomic mass is 10.0. The van der Waals surface area contributed by atoms with Gasteiger partial charge in [0.2, 0.25) is 0 Å². The van der Waals surface area contributed by atoms with Gasteiger partial charge in [0.1, 0.15) is 6.10 Å². The smallest absolute Gasteiger partial charge is 0.457 e. The van der Waals surface area contributed by atoms with Gasteiger partial charge in [-0.2, -0.15) is 0 Å². The van der Waals surface area contributed by atoms with Crippen molar-refractivity contribution in [1.82, 2.24) is 0 Å². The zero-order valence-corrected chi connectivity index (χ0v) is 32.4. The molecule has 0 aliphatic heterocycles. The van der Waals surface area contributed by atoms with Gasteiger partial charge in [-0.15, -0.1) is 0 Å². The van der Waals surface area contributed by atoms with Crippen molar-refractivity contribution in [1.29, 1.82) is 0 Å². The van der Waals surface area contributed by atoms with Crippen LogP contribution >= 0.6 is 7.82 Å². The van der Waals surface area contributed by atoms with Crippen molar-refractivity contribution in [2.45, 2.75) is 200 Å². The molecular weight excluding hydrogens is 625 g/mol. The predicted molar refractivity (Wildman–Crippen MR) is 201 cm³/mol. The first-order valence-corrected chi connectivity index (χ1v) is 21.7. The summed E-state index contributed by atoms with van der Waals surface area (Å²) in [5, 5.41) is 0. The van der Waals surface area contributed by atoms with Crippen LogP contribution < -0.4 is 5.73 Å². The number of allylic oxidation sites excluding steroid dienone is 2. The van der Waals surface area contributed by atoms with Crippen LogP contribution in [0.4, 0.5) is 0 Å². The van der Waals surface area contributed by atoms with Crippen LogP contribution in [0.2, 0.25) is 0 Å². The maximum atomic E-state index is 12.5. The summed E-state index contributed by atoms with van der Waals surface area (Å²) in [6, 6.07) is 0. The number of unbranched alkanes of at least 4 members (excludes halogenated alkanes) is 24. The number of phosphoric ester groups is 1. The topological polar surface area (TPSA) is 117 Å². The van der Waals surface area contributed by atoms with Gasteiger partial charge >= 0.3 is 13.8 Å². The van der Waals surface area contributed by atoms with E-state index in [0.717, 1.165) is 44.9 Å². The highest BCUT2D eigenvalue weighted by Gasteiger charge is 2.25. The number of carbonyl (C=O) groups excluding carboxylic acids is 1. The lowest BCUT2D eigenvalue weighted by Gasteiger charge is -2.20. The van der Waals surface area contributed by atoms with Crippen molar-refractivity contribution < 1.29 is 32.8 Å². The number of hydrogen-bond acceptors (Lipinski definition) is 7. The molecule has 0 saturated heterocycles. The average Bonchev–Trinajstić information content (AvgIpc) is 3.07. The number of esters is 1. The fourth-order valence-corrected chi connectivity index (χ4v) is 6.46. The Balaban J connectivity index is 4.05. The van der Waals surface area contributed by atoms with Crippen molar-refractivity contribution in [2.75, 3.05) is 33.0 Å². The Kier molecular flexibility index (Phi) is 36.9. The second kappa shape index (κ2) is 37.5. The first-order valence-electron chi connectivity index (χ1n) is 20.2. The van der Waals surface area contributed by atoms with Gasteiger partial charge < -0.3 is 20.1 Å². The van der Waals surface area contributed by atoms with Crippen molar-refractivity contribution >= 4 is 13.8 Å². The number of phosphoric acid groups is 1. The van der Waals surface area contributed by atoms with Crippen LogP contribution in [0.25, 0.3) is 0 Å². The quantitative estimate of drug-likeness (QED) is 0.0281. The summed E-state index contributed by atoms with van der Waals surface area (Å²) >= 11 is 0. The zero-order valence-electron chi connectivity index (χ0n) is 31.5. The van der Waals surface area contributed by atoms with Gasteiger partial charge in [0.05, 0.1) is 19.8 Å². The van der Waals surface area contributed by atoms with Crippen LogP contribution in [0.3, 0.4) is 0 Å². The van der Waals surface area contributed by atoms with Crippen molar-refractivity contribution in [2.24, 2.45) is 5.73 Å². The number of nitrogens with two attached hydrogens (primary N) is 1. The molecule has 0 heterocycles. The van der Waals surface area contributed by atoms with E-state index in [1.54, 1.807) is 0 Å². The molecule has 0 aliphatic carbocycles.